The fourth-order valence-electron chi connectivity index (χ4n) is 2.39. The average Bonchev–Trinajstić information content (AvgIpc) is 2.71. The number of rotatable bonds is 6. The molecule has 9 heteroatoms. The Kier molecular flexibility index (Phi) is 6.08. The molecule has 3 aromatic rings. The largest absolute Gasteiger partial charge is 0.462 e. The van der Waals surface area contributed by atoms with Gasteiger partial charge in [0.2, 0.25) is 5.95 Å². The molecular formula is C20H16F2N4O3. The molecule has 1 heterocycles. The quantitative estimate of drug-likeness (QED) is 0.611. The summed E-state index contributed by atoms with van der Waals surface area (Å²) in [5.74, 6) is -2.57. The number of hydrogen-bond acceptors (Lipinski definition) is 6. The zero-order chi connectivity index (χ0) is 20.8. The van der Waals surface area contributed by atoms with Crippen molar-refractivity contribution in [1.82, 2.24) is 9.97 Å². The lowest BCUT2D eigenvalue weighted by molar-refractivity contribution is 0.0527. The van der Waals surface area contributed by atoms with Gasteiger partial charge >= 0.3 is 5.97 Å². The van der Waals surface area contributed by atoms with Crippen molar-refractivity contribution in [2.75, 3.05) is 17.2 Å². The second kappa shape index (κ2) is 8.87. The van der Waals surface area contributed by atoms with Crippen molar-refractivity contribution >= 4 is 29.2 Å². The van der Waals surface area contributed by atoms with Gasteiger partial charge in [-0.15, -0.1) is 0 Å². The van der Waals surface area contributed by atoms with Crippen molar-refractivity contribution in [3.05, 3.63) is 77.6 Å². The van der Waals surface area contributed by atoms with E-state index < -0.39 is 23.5 Å². The van der Waals surface area contributed by atoms with Gasteiger partial charge < -0.3 is 15.4 Å². The van der Waals surface area contributed by atoms with Crippen LogP contribution < -0.4 is 10.6 Å². The first-order chi connectivity index (χ1) is 14.0. The number of carbonyl (C=O) groups is 2. The van der Waals surface area contributed by atoms with Gasteiger partial charge in [0.15, 0.2) is 0 Å². The molecule has 0 saturated carbocycles. The Balaban J connectivity index is 1.72. The summed E-state index contributed by atoms with van der Waals surface area (Å²) in [5, 5.41) is 5.21. The molecule has 3 rings (SSSR count). The van der Waals surface area contributed by atoms with Crippen LogP contribution in [0.1, 0.15) is 27.6 Å². The van der Waals surface area contributed by atoms with E-state index >= 15 is 0 Å². The molecule has 1 aromatic heterocycles. The Morgan fingerprint density at radius 1 is 1.03 bits per heavy atom. The summed E-state index contributed by atoms with van der Waals surface area (Å²) in [5.41, 5.74) is 0.612. The van der Waals surface area contributed by atoms with E-state index in [1.54, 1.807) is 25.1 Å². The number of anilines is 3. The third-order valence-corrected chi connectivity index (χ3v) is 3.76. The number of nitrogens with zero attached hydrogens (tertiary/aromatic N) is 2. The van der Waals surface area contributed by atoms with E-state index in [0.717, 1.165) is 12.1 Å². The number of amides is 1. The Morgan fingerprint density at radius 3 is 2.45 bits per heavy atom. The fraction of sp³-hybridized carbons (Fsp3) is 0.100. The predicted molar refractivity (Wildman–Crippen MR) is 102 cm³/mol. The standard InChI is InChI=1S/C20H16F2N4O3/c1-2-29-19(28)14-5-3-4-6-16(14)25-18(27)12-10-23-20(24-11-12)26-17-8-7-13(21)9-15(17)22/h3-11H,2H2,1H3,(H,25,27)(H,23,24,26). The predicted octanol–water partition coefficient (Wildman–Crippen LogP) is 3.93. The molecule has 0 saturated heterocycles. The Morgan fingerprint density at radius 2 is 1.76 bits per heavy atom. The molecule has 0 unspecified atom stereocenters. The lowest BCUT2D eigenvalue weighted by Gasteiger charge is -2.10. The van der Waals surface area contributed by atoms with Crippen LogP contribution in [0.5, 0.6) is 0 Å². The van der Waals surface area contributed by atoms with E-state index in [0.29, 0.717) is 0 Å². The van der Waals surface area contributed by atoms with Crippen LogP contribution in [-0.4, -0.2) is 28.5 Å². The maximum atomic E-state index is 13.7. The van der Waals surface area contributed by atoms with Crippen LogP contribution in [0.3, 0.4) is 0 Å². The maximum Gasteiger partial charge on any atom is 0.340 e. The topological polar surface area (TPSA) is 93.2 Å². The molecule has 2 aromatic carbocycles. The molecule has 0 aliphatic heterocycles. The monoisotopic (exact) mass is 398 g/mol. The summed E-state index contributed by atoms with van der Waals surface area (Å²) in [6, 6.07) is 9.45. The third kappa shape index (κ3) is 4.89. The molecule has 0 radical (unpaired) electrons. The van der Waals surface area contributed by atoms with Gasteiger partial charge in [0.05, 0.1) is 29.1 Å². The van der Waals surface area contributed by atoms with E-state index in [1.165, 1.54) is 24.5 Å². The second-order valence-electron chi connectivity index (χ2n) is 5.76. The number of halogens is 2. The smallest absolute Gasteiger partial charge is 0.340 e. The fourth-order valence-corrected chi connectivity index (χ4v) is 2.39. The number of nitrogens with one attached hydrogen (secondary N) is 2. The van der Waals surface area contributed by atoms with E-state index in [1.807, 2.05) is 0 Å². The summed E-state index contributed by atoms with van der Waals surface area (Å²) in [6.07, 6.45) is 2.47. The van der Waals surface area contributed by atoms with Crippen molar-refractivity contribution in [2.45, 2.75) is 6.92 Å². The number of esters is 1. The van der Waals surface area contributed by atoms with Gasteiger partial charge in [-0.3, -0.25) is 4.79 Å². The summed E-state index contributed by atoms with van der Waals surface area (Å²) in [7, 11) is 0. The SMILES string of the molecule is CCOC(=O)c1ccccc1NC(=O)c1cnc(Nc2ccc(F)cc2F)nc1. The van der Waals surface area contributed by atoms with Gasteiger partial charge in [-0.2, -0.15) is 0 Å². The molecule has 1 amide bonds. The molecule has 0 fully saturated rings. The van der Waals surface area contributed by atoms with Crippen LogP contribution in [0.4, 0.5) is 26.1 Å². The van der Waals surface area contributed by atoms with E-state index in [2.05, 4.69) is 20.6 Å². The van der Waals surface area contributed by atoms with Crippen molar-refractivity contribution in [3.8, 4) is 0 Å². The molecule has 0 aliphatic carbocycles. The highest BCUT2D eigenvalue weighted by Gasteiger charge is 2.15. The van der Waals surface area contributed by atoms with Gasteiger partial charge in [-0.05, 0) is 31.2 Å². The minimum absolute atomic E-state index is 0.00744. The van der Waals surface area contributed by atoms with Crippen molar-refractivity contribution in [3.63, 3.8) is 0 Å². The molecule has 2 N–H and O–H groups in total. The number of benzene rings is 2. The highest BCUT2D eigenvalue weighted by atomic mass is 19.1. The molecular weight excluding hydrogens is 382 g/mol. The first-order valence-electron chi connectivity index (χ1n) is 8.59. The second-order valence-corrected chi connectivity index (χ2v) is 5.76. The summed E-state index contributed by atoms with van der Waals surface area (Å²) < 4.78 is 31.6. The Labute approximate surface area is 164 Å². The average molecular weight is 398 g/mol. The molecule has 0 aliphatic rings. The van der Waals surface area contributed by atoms with Crippen LogP contribution in [0.25, 0.3) is 0 Å². The van der Waals surface area contributed by atoms with Crippen LogP contribution >= 0.6 is 0 Å². The van der Waals surface area contributed by atoms with E-state index in [4.69, 9.17) is 4.74 Å². The lowest BCUT2D eigenvalue weighted by atomic mass is 10.1. The van der Waals surface area contributed by atoms with Crippen molar-refractivity contribution in [1.29, 1.82) is 0 Å². The normalized spacial score (nSPS) is 10.3. The first-order valence-corrected chi connectivity index (χ1v) is 8.59. The molecule has 7 nitrogen and oxygen atoms in total. The molecule has 0 spiro atoms. The third-order valence-electron chi connectivity index (χ3n) is 3.76. The molecule has 148 valence electrons. The number of hydrogen-bond donors (Lipinski definition) is 2. The van der Waals surface area contributed by atoms with Crippen molar-refractivity contribution < 1.29 is 23.1 Å². The summed E-state index contributed by atoms with van der Waals surface area (Å²) in [6.45, 7) is 1.89. The number of carbonyl (C=O) groups excluding carboxylic acids is 2. The Bertz CT molecular complexity index is 1040. The van der Waals surface area contributed by atoms with Crippen molar-refractivity contribution in [2.24, 2.45) is 0 Å². The van der Waals surface area contributed by atoms with Gasteiger partial charge in [-0.25, -0.2) is 23.5 Å². The zero-order valence-electron chi connectivity index (χ0n) is 15.3. The van der Waals surface area contributed by atoms with Gasteiger partial charge in [0, 0.05) is 18.5 Å². The van der Waals surface area contributed by atoms with Crippen LogP contribution in [-0.2, 0) is 4.74 Å². The number of para-hydroxylation sites is 1. The highest BCUT2D eigenvalue weighted by molar-refractivity contribution is 6.07. The van der Waals surface area contributed by atoms with Gasteiger partial charge in [-0.1, -0.05) is 12.1 Å². The van der Waals surface area contributed by atoms with Gasteiger partial charge in [0.1, 0.15) is 11.6 Å². The van der Waals surface area contributed by atoms with E-state index in [9.17, 15) is 18.4 Å². The lowest BCUT2D eigenvalue weighted by Crippen LogP contribution is -2.16. The van der Waals surface area contributed by atoms with Crippen LogP contribution in [0.15, 0.2) is 54.9 Å². The van der Waals surface area contributed by atoms with Crippen LogP contribution in [0.2, 0.25) is 0 Å². The minimum atomic E-state index is -0.800. The number of ether oxygens (including phenoxy) is 1. The zero-order valence-corrected chi connectivity index (χ0v) is 15.3. The van der Waals surface area contributed by atoms with E-state index in [-0.39, 0.29) is 35.1 Å². The first kappa shape index (κ1) is 19.9. The minimum Gasteiger partial charge on any atom is -0.462 e. The van der Waals surface area contributed by atoms with Crippen LogP contribution in [0, 0.1) is 11.6 Å². The highest BCUT2D eigenvalue weighted by Crippen LogP contribution is 2.19. The van der Waals surface area contributed by atoms with Gasteiger partial charge in [0.25, 0.3) is 5.91 Å². The molecule has 29 heavy (non-hydrogen) atoms. The number of aromatic nitrogens is 2. The molecule has 0 atom stereocenters. The Hall–Kier alpha value is -3.88. The summed E-state index contributed by atoms with van der Waals surface area (Å²) >= 11 is 0. The summed E-state index contributed by atoms with van der Waals surface area (Å²) in [4.78, 5) is 32.3. The maximum absolute atomic E-state index is 13.7. The molecule has 0 bridgehead atoms.